The highest BCUT2D eigenvalue weighted by molar-refractivity contribution is 7.99. The zero-order chi connectivity index (χ0) is 15.1. The molecule has 1 amide bonds. The van der Waals surface area contributed by atoms with E-state index in [0.717, 1.165) is 37.9 Å². The summed E-state index contributed by atoms with van der Waals surface area (Å²) in [6.45, 7) is 0.477. The SMILES string of the molecule is CN(CC1(O)CCCC1)C(=O)CSCCc1ccccc1. The van der Waals surface area contributed by atoms with Gasteiger partial charge in [0.05, 0.1) is 11.4 Å². The van der Waals surface area contributed by atoms with E-state index in [1.165, 1.54) is 5.56 Å². The minimum Gasteiger partial charge on any atom is -0.388 e. The van der Waals surface area contributed by atoms with Gasteiger partial charge >= 0.3 is 0 Å². The van der Waals surface area contributed by atoms with E-state index in [1.807, 2.05) is 18.2 Å². The molecule has 0 saturated heterocycles. The lowest BCUT2D eigenvalue weighted by molar-refractivity contribution is -0.130. The average Bonchev–Trinajstić information content (AvgIpc) is 2.90. The molecule has 1 aliphatic carbocycles. The van der Waals surface area contributed by atoms with Crippen LogP contribution in [0.25, 0.3) is 0 Å². The summed E-state index contributed by atoms with van der Waals surface area (Å²) in [5.41, 5.74) is 0.671. The smallest absolute Gasteiger partial charge is 0.232 e. The summed E-state index contributed by atoms with van der Waals surface area (Å²) in [6.07, 6.45) is 4.79. The van der Waals surface area contributed by atoms with E-state index in [1.54, 1.807) is 23.7 Å². The van der Waals surface area contributed by atoms with Gasteiger partial charge in [0.25, 0.3) is 0 Å². The summed E-state index contributed by atoms with van der Waals surface area (Å²) in [6, 6.07) is 10.3. The number of likely N-dealkylation sites (N-methyl/N-ethyl adjacent to an activating group) is 1. The van der Waals surface area contributed by atoms with E-state index < -0.39 is 5.60 Å². The van der Waals surface area contributed by atoms with Crippen LogP contribution in [0.1, 0.15) is 31.2 Å². The lowest BCUT2D eigenvalue weighted by atomic mass is 10.0. The fraction of sp³-hybridized carbons (Fsp3) is 0.588. The molecule has 116 valence electrons. The summed E-state index contributed by atoms with van der Waals surface area (Å²) >= 11 is 1.67. The van der Waals surface area contributed by atoms with E-state index in [9.17, 15) is 9.90 Å². The van der Waals surface area contributed by atoms with Gasteiger partial charge in [-0.3, -0.25) is 4.79 Å². The van der Waals surface area contributed by atoms with E-state index in [0.29, 0.717) is 12.3 Å². The van der Waals surface area contributed by atoms with Crippen LogP contribution in [0.5, 0.6) is 0 Å². The van der Waals surface area contributed by atoms with E-state index in [2.05, 4.69) is 12.1 Å². The number of amides is 1. The van der Waals surface area contributed by atoms with Gasteiger partial charge in [0.15, 0.2) is 0 Å². The van der Waals surface area contributed by atoms with Crippen molar-refractivity contribution >= 4 is 17.7 Å². The third kappa shape index (κ3) is 5.36. The molecule has 21 heavy (non-hydrogen) atoms. The Morgan fingerprint density at radius 3 is 2.62 bits per heavy atom. The van der Waals surface area contributed by atoms with Crippen molar-refractivity contribution in [3.63, 3.8) is 0 Å². The Morgan fingerprint density at radius 1 is 1.29 bits per heavy atom. The number of rotatable bonds is 7. The molecule has 2 rings (SSSR count). The standard InChI is InChI=1S/C17H25NO2S/c1-18(14-17(20)10-5-6-11-17)16(19)13-21-12-9-15-7-3-2-4-8-15/h2-4,7-8,20H,5-6,9-14H2,1H3. The number of hydrogen-bond acceptors (Lipinski definition) is 3. The van der Waals surface area contributed by atoms with Gasteiger partial charge < -0.3 is 10.0 Å². The molecule has 3 nitrogen and oxygen atoms in total. The maximum atomic E-state index is 12.1. The minimum absolute atomic E-state index is 0.119. The number of aryl methyl sites for hydroxylation is 1. The molecule has 0 atom stereocenters. The zero-order valence-corrected chi connectivity index (χ0v) is 13.6. The minimum atomic E-state index is -0.640. The molecule has 1 aliphatic rings. The van der Waals surface area contributed by atoms with Gasteiger partial charge in [-0.25, -0.2) is 0 Å². The second kappa shape index (κ2) is 7.85. The Morgan fingerprint density at radius 2 is 1.95 bits per heavy atom. The van der Waals surface area contributed by atoms with Gasteiger partial charge in [-0.2, -0.15) is 11.8 Å². The van der Waals surface area contributed by atoms with Crippen molar-refractivity contribution in [3.8, 4) is 0 Å². The summed E-state index contributed by atoms with van der Waals surface area (Å²) < 4.78 is 0. The van der Waals surface area contributed by atoms with Crippen molar-refractivity contribution in [3.05, 3.63) is 35.9 Å². The Hall–Kier alpha value is -1.00. The van der Waals surface area contributed by atoms with Gasteiger partial charge in [-0.15, -0.1) is 0 Å². The van der Waals surface area contributed by atoms with Gasteiger partial charge in [0.2, 0.25) is 5.91 Å². The monoisotopic (exact) mass is 307 g/mol. The Labute approximate surface area is 131 Å². The van der Waals surface area contributed by atoms with E-state index in [4.69, 9.17) is 0 Å². The molecular weight excluding hydrogens is 282 g/mol. The third-order valence-electron chi connectivity index (χ3n) is 4.09. The topological polar surface area (TPSA) is 40.5 Å². The summed E-state index contributed by atoms with van der Waals surface area (Å²) in [4.78, 5) is 13.8. The fourth-order valence-corrected chi connectivity index (χ4v) is 3.74. The highest BCUT2D eigenvalue weighted by Gasteiger charge is 2.33. The van der Waals surface area contributed by atoms with Gasteiger partial charge in [0.1, 0.15) is 0 Å². The number of aliphatic hydroxyl groups is 1. The molecule has 1 N–H and O–H groups in total. The first-order chi connectivity index (χ1) is 10.1. The predicted octanol–water partition coefficient (Wildman–Crippen LogP) is 2.73. The van der Waals surface area contributed by atoms with Crippen molar-refractivity contribution in [2.24, 2.45) is 0 Å². The lowest BCUT2D eigenvalue weighted by Crippen LogP contribution is -2.42. The van der Waals surface area contributed by atoms with Crippen LogP contribution in [-0.2, 0) is 11.2 Å². The van der Waals surface area contributed by atoms with Crippen LogP contribution >= 0.6 is 11.8 Å². The predicted molar refractivity (Wildman–Crippen MR) is 88.5 cm³/mol. The second-order valence-corrected chi connectivity index (χ2v) is 7.07. The van der Waals surface area contributed by atoms with Crippen molar-refractivity contribution in [2.75, 3.05) is 25.1 Å². The van der Waals surface area contributed by atoms with Gasteiger partial charge in [0, 0.05) is 13.6 Å². The number of nitrogens with zero attached hydrogens (tertiary/aromatic N) is 1. The number of carbonyl (C=O) groups excluding carboxylic acids is 1. The molecule has 0 bridgehead atoms. The summed E-state index contributed by atoms with van der Waals surface area (Å²) in [7, 11) is 1.80. The number of carbonyl (C=O) groups is 1. The molecule has 1 saturated carbocycles. The number of benzene rings is 1. The molecule has 0 radical (unpaired) electrons. The van der Waals surface area contributed by atoms with Crippen LogP contribution in [0.3, 0.4) is 0 Å². The van der Waals surface area contributed by atoms with Gasteiger partial charge in [-0.1, -0.05) is 43.2 Å². The largest absolute Gasteiger partial charge is 0.388 e. The molecular formula is C17H25NO2S. The van der Waals surface area contributed by atoms with Crippen LogP contribution in [-0.4, -0.2) is 46.6 Å². The number of thioether (sulfide) groups is 1. The third-order valence-corrected chi connectivity index (χ3v) is 5.04. The van der Waals surface area contributed by atoms with Crippen LogP contribution in [0.15, 0.2) is 30.3 Å². The molecule has 1 aromatic carbocycles. The quantitative estimate of drug-likeness (QED) is 0.788. The normalized spacial score (nSPS) is 16.9. The van der Waals surface area contributed by atoms with Crippen LogP contribution in [0, 0.1) is 0 Å². The first-order valence-corrected chi connectivity index (χ1v) is 8.83. The van der Waals surface area contributed by atoms with Crippen molar-refractivity contribution in [2.45, 2.75) is 37.7 Å². The van der Waals surface area contributed by atoms with E-state index in [-0.39, 0.29) is 5.91 Å². The molecule has 1 fully saturated rings. The fourth-order valence-electron chi connectivity index (χ4n) is 2.83. The van der Waals surface area contributed by atoms with Crippen LogP contribution in [0.2, 0.25) is 0 Å². The summed E-state index contributed by atoms with van der Waals surface area (Å²) in [5.74, 6) is 1.57. The van der Waals surface area contributed by atoms with Crippen molar-refractivity contribution < 1.29 is 9.90 Å². The Kier molecular flexibility index (Phi) is 6.12. The van der Waals surface area contributed by atoms with E-state index >= 15 is 0 Å². The molecule has 0 aromatic heterocycles. The average molecular weight is 307 g/mol. The molecule has 4 heteroatoms. The van der Waals surface area contributed by atoms with Crippen molar-refractivity contribution in [1.29, 1.82) is 0 Å². The molecule has 0 unspecified atom stereocenters. The maximum Gasteiger partial charge on any atom is 0.232 e. The molecule has 0 heterocycles. The Balaban J connectivity index is 1.64. The number of hydrogen-bond donors (Lipinski definition) is 1. The van der Waals surface area contributed by atoms with Crippen LogP contribution < -0.4 is 0 Å². The zero-order valence-electron chi connectivity index (χ0n) is 12.8. The second-order valence-electron chi connectivity index (χ2n) is 5.97. The van der Waals surface area contributed by atoms with Crippen molar-refractivity contribution in [1.82, 2.24) is 4.90 Å². The molecule has 0 spiro atoms. The first kappa shape index (κ1) is 16.4. The first-order valence-electron chi connectivity index (χ1n) is 7.67. The highest BCUT2D eigenvalue weighted by atomic mass is 32.2. The maximum absolute atomic E-state index is 12.1. The van der Waals surface area contributed by atoms with Crippen LogP contribution in [0.4, 0.5) is 0 Å². The lowest BCUT2D eigenvalue weighted by Gasteiger charge is -2.28. The highest BCUT2D eigenvalue weighted by Crippen LogP contribution is 2.30. The van der Waals surface area contributed by atoms with Gasteiger partial charge in [-0.05, 0) is 30.6 Å². The Bertz CT molecular complexity index is 443. The summed E-state index contributed by atoms with van der Waals surface area (Å²) in [5, 5.41) is 10.3. The molecule has 0 aliphatic heterocycles. The molecule has 1 aromatic rings.